The molecule has 6 heteroatoms. The first-order chi connectivity index (χ1) is 13.8. The summed E-state index contributed by atoms with van der Waals surface area (Å²) in [7, 11) is 0. The molecule has 2 N–H and O–H groups in total. The van der Waals surface area contributed by atoms with Crippen LogP contribution in [-0.2, 0) is 4.79 Å². The largest absolute Gasteiger partial charge is 0.333 e. The second-order valence-electron chi connectivity index (χ2n) is 6.13. The fourth-order valence-electron chi connectivity index (χ4n) is 2.73. The summed E-state index contributed by atoms with van der Waals surface area (Å²) in [6, 6.07) is 26.0. The molecule has 0 atom stereocenters. The first-order valence-corrected chi connectivity index (χ1v) is 9.81. The number of benzene rings is 3. The van der Waals surface area contributed by atoms with Gasteiger partial charge in [0.1, 0.15) is 0 Å². The van der Waals surface area contributed by atoms with Gasteiger partial charge >= 0.3 is 0 Å². The van der Waals surface area contributed by atoms with Crippen LogP contribution in [0, 0.1) is 0 Å². The van der Waals surface area contributed by atoms with Gasteiger partial charge in [-0.2, -0.15) is 5.10 Å². The lowest BCUT2D eigenvalue weighted by Crippen LogP contribution is -2.19. The number of hydrazone groups is 1. The van der Waals surface area contributed by atoms with E-state index in [1.54, 1.807) is 6.21 Å². The maximum Gasteiger partial charge on any atom is 0.250 e. The van der Waals surface area contributed by atoms with Gasteiger partial charge in [0.15, 0.2) is 5.16 Å². The smallest absolute Gasteiger partial charge is 0.250 e. The second-order valence-corrected chi connectivity index (χ2v) is 7.09. The monoisotopic (exact) mass is 386 g/mol. The Balaban J connectivity index is 1.28. The summed E-state index contributed by atoms with van der Waals surface area (Å²) in [5.74, 6) is 0.0620. The number of hydrogen-bond donors (Lipinski definition) is 2. The number of amides is 1. The number of aromatic amines is 1. The highest BCUT2D eigenvalue weighted by atomic mass is 32.2. The van der Waals surface area contributed by atoms with Gasteiger partial charge in [-0.05, 0) is 28.8 Å². The molecule has 0 aliphatic carbocycles. The molecule has 0 aliphatic heterocycles. The number of H-pyrrole nitrogens is 1. The number of fused-ring (bicyclic) bond motifs is 1. The molecule has 3 aromatic carbocycles. The van der Waals surface area contributed by atoms with Gasteiger partial charge in [0.05, 0.1) is 23.0 Å². The Morgan fingerprint density at radius 1 is 0.964 bits per heavy atom. The summed E-state index contributed by atoms with van der Waals surface area (Å²) in [4.78, 5) is 19.6. The topological polar surface area (TPSA) is 70.1 Å². The number of para-hydroxylation sites is 2. The van der Waals surface area contributed by atoms with Crippen LogP contribution < -0.4 is 5.43 Å². The average Bonchev–Trinajstić information content (AvgIpc) is 3.16. The van der Waals surface area contributed by atoms with Gasteiger partial charge in [-0.25, -0.2) is 10.4 Å². The van der Waals surface area contributed by atoms with Crippen molar-refractivity contribution < 1.29 is 4.79 Å². The lowest BCUT2D eigenvalue weighted by molar-refractivity contribution is -0.118. The predicted octanol–water partition coefficient (Wildman–Crippen LogP) is 4.47. The number of imidazole rings is 1. The SMILES string of the molecule is O=C(CSc1nc2ccccc2[nH]1)N/N=C/c1ccc(-c2ccccc2)cc1. The van der Waals surface area contributed by atoms with Crippen molar-refractivity contribution in [1.82, 2.24) is 15.4 Å². The molecule has 5 nitrogen and oxygen atoms in total. The van der Waals surface area contributed by atoms with Crippen LogP contribution in [0.2, 0.25) is 0 Å². The number of rotatable bonds is 6. The van der Waals surface area contributed by atoms with Crippen LogP contribution in [0.5, 0.6) is 0 Å². The summed E-state index contributed by atoms with van der Waals surface area (Å²) in [6.45, 7) is 0. The molecule has 4 rings (SSSR count). The van der Waals surface area contributed by atoms with Crippen LogP contribution in [0.1, 0.15) is 5.56 Å². The number of hydrogen-bond acceptors (Lipinski definition) is 4. The average molecular weight is 386 g/mol. The van der Waals surface area contributed by atoms with Crippen LogP contribution in [-0.4, -0.2) is 27.8 Å². The molecule has 1 heterocycles. The normalized spacial score (nSPS) is 11.1. The van der Waals surface area contributed by atoms with Crippen molar-refractivity contribution in [3.8, 4) is 11.1 Å². The molecule has 28 heavy (non-hydrogen) atoms. The minimum Gasteiger partial charge on any atom is -0.333 e. The summed E-state index contributed by atoms with van der Waals surface area (Å²) in [5.41, 5.74) is 7.63. The molecule has 0 spiro atoms. The zero-order valence-electron chi connectivity index (χ0n) is 15.0. The molecule has 1 aromatic heterocycles. The Hall–Kier alpha value is -3.38. The molecule has 0 unspecified atom stereocenters. The van der Waals surface area contributed by atoms with Crippen molar-refractivity contribution in [3.05, 3.63) is 84.4 Å². The van der Waals surface area contributed by atoms with E-state index >= 15 is 0 Å². The number of thioether (sulfide) groups is 1. The van der Waals surface area contributed by atoms with Crippen molar-refractivity contribution in [2.24, 2.45) is 5.10 Å². The van der Waals surface area contributed by atoms with E-state index in [0.29, 0.717) is 0 Å². The van der Waals surface area contributed by atoms with E-state index in [4.69, 9.17) is 0 Å². The lowest BCUT2D eigenvalue weighted by atomic mass is 10.0. The van der Waals surface area contributed by atoms with E-state index in [0.717, 1.165) is 27.3 Å². The zero-order valence-corrected chi connectivity index (χ0v) is 15.8. The molecule has 138 valence electrons. The maximum atomic E-state index is 12.0. The minimum atomic E-state index is -0.178. The van der Waals surface area contributed by atoms with Crippen molar-refractivity contribution in [2.45, 2.75) is 5.16 Å². The lowest BCUT2D eigenvalue weighted by Gasteiger charge is -2.02. The van der Waals surface area contributed by atoms with Crippen LogP contribution in [0.4, 0.5) is 0 Å². The molecule has 0 radical (unpaired) electrons. The van der Waals surface area contributed by atoms with Gasteiger partial charge in [0, 0.05) is 0 Å². The molecular formula is C22H18N4OS. The molecule has 0 aliphatic rings. The number of aromatic nitrogens is 2. The number of carbonyl (C=O) groups is 1. The third-order valence-electron chi connectivity index (χ3n) is 4.13. The minimum absolute atomic E-state index is 0.178. The Labute approximate surface area is 166 Å². The highest BCUT2D eigenvalue weighted by Crippen LogP contribution is 2.19. The van der Waals surface area contributed by atoms with Crippen LogP contribution in [0.15, 0.2) is 89.1 Å². The molecule has 4 aromatic rings. The van der Waals surface area contributed by atoms with E-state index in [9.17, 15) is 4.79 Å². The molecule has 0 saturated carbocycles. The van der Waals surface area contributed by atoms with Gasteiger partial charge in [-0.15, -0.1) is 0 Å². The Bertz CT molecular complexity index is 1070. The molecule has 0 saturated heterocycles. The van der Waals surface area contributed by atoms with Gasteiger partial charge in [-0.3, -0.25) is 4.79 Å². The zero-order chi connectivity index (χ0) is 19.2. The summed E-state index contributed by atoms with van der Waals surface area (Å²) >= 11 is 1.35. The number of nitrogens with zero attached hydrogens (tertiary/aromatic N) is 2. The van der Waals surface area contributed by atoms with E-state index in [1.165, 1.54) is 17.3 Å². The Morgan fingerprint density at radius 2 is 1.68 bits per heavy atom. The summed E-state index contributed by atoms with van der Waals surface area (Å²) < 4.78 is 0. The fourth-order valence-corrected chi connectivity index (χ4v) is 3.41. The molecule has 0 bridgehead atoms. The quantitative estimate of drug-likeness (QED) is 0.292. The standard InChI is InChI=1S/C22H18N4OS/c27-21(15-28-22-24-19-8-4-5-9-20(19)25-22)26-23-14-16-10-12-18(13-11-16)17-6-2-1-3-7-17/h1-14H,15H2,(H,24,25)(H,26,27)/b23-14+. The van der Waals surface area contributed by atoms with Gasteiger partial charge < -0.3 is 4.98 Å². The highest BCUT2D eigenvalue weighted by molar-refractivity contribution is 7.99. The third kappa shape index (κ3) is 4.47. The van der Waals surface area contributed by atoms with Crippen LogP contribution >= 0.6 is 11.8 Å². The second kappa shape index (κ2) is 8.54. The Kier molecular flexibility index (Phi) is 5.49. The van der Waals surface area contributed by atoms with Crippen LogP contribution in [0.25, 0.3) is 22.2 Å². The number of carbonyl (C=O) groups excluding carboxylic acids is 1. The van der Waals surface area contributed by atoms with Crippen LogP contribution in [0.3, 0.4) is 0 Å². The van der Waals surface area contributed by atoms with E-state index in [-0.39, 0.29) is 11.7 Å². The predicted molar refractivity (Wildman–Crippen MR) is 114 cm³/mol. The highest BCUT2D eigenvalue weighted by Gasteiger charge is 2.06. The van der Waals surface area contributed by atoms with Crippen molar-refractivity contribution in [3.63, 3.8) is 0 Å². The van der Waals surface area contributed by atoms with Gasteiger partial charge in [0.2, 0.25) is 0 Å². The fraction of sp³-hybridized carbons (Fsp3) is 0.0455. The maximum absolute atomic E-state index is 12.0. The molecule has 1 amide bonds. The van der Waals surface area contributed by atoms with Crippen molar-refractivity contribution in [2.75, 3.05) is 5.75 Å². The van der Waals surface area contributed by atoms with E-state index in [1.807, 2.05) is 66.7 Å². The van der Waals surface area contributed by atoms with Gasteiger partial charge in [-0.1, -0.05) is 78.5 Å². The number of nitrogens with one attached hydrogen (secondary N) is 2. The molecular weight excluding hydrogens is 368 g/mol. The van der Waals surface area contributed by atoms with E-state index in [2.05, 4.69) is 32.6 Å². The van der Waals surface area contributed by atoms with Crippen molar-refractivity contribution >= 4 is 34.9 Å². The third-order valence-corrected chi connectivity index (χ3v) is 5.00. The Morgan fingerprint density at radius 3 is 2.46 bits per heavy atom. The molecule has 0 fully saturated rings. The van der Waals surface area contributed by atoms with Crippen molar-refractivity contribution in [1.29, 1.82) is 0 Å². The van der Waals surface area contributed by atoms with Gasteiger partial charge in [0.25, 0.3) is 5.91 Å². The summed E-state index contributed by atoms with van der Waals surface area (Å²) in [6.07, 6.45) is 1.64. The first kappa shape index (κ1) is 18.0. The van der Waals surface area contributed by atoms with E-state index < -0.39 is 0 Å². The first-order valence-electron chi connectivity index (χ1n) is 8.83. The summed E-state index contributed by atoms with van der Waals surface area (Å²) in [5, 5.41) is 4.75.